The fourth-order valence-corrected chi connectivity index (χ4v) is 2.99. The molecular formula is C19H27NO4. The monoisotopic (exact) mass is 333 g/mol. The first kappa shape index (κ1) is 18.3. The zero-order valence-corrected chi connectivity index (χ0v) is 14.8. The first-order chi connectivity index (χ1) is 11.5. The Morgan fingerprint density at radius 2 is 1.92 bits per heavy atom. The minimum absolute atomic E-state index is 0.0690. The van der Waals surface area contributed by atoms with Crippen LogP contribution in [0.1, 0.15) is 37.3 Å². The second-order valence-corrected chi connectivity index (χ2v) is 6.27. The van der Waals surface area contributed by atoms with Crippen LogP contribution in [0.25, 0.3) is 0 Å². The van der Waals surface area contributed by atoms with Gasteiger partial charge in [-0.05, 0) is 45.2 Å². The normalized spacial score (nSPS) is 15.2. The molecule has 1 saturated heterocycles. The van der Waals surface area contributed by atoms with Crippen LogP contribution in [0, 0.1) is 19.8 Å². The number of benzene rings is 1. The molecule has 5 heteroatoms. The maximum Gasteiger partial charge on any atom is 0.309 e. The molecule has 1 aliphatic rings. The van der Waals surface area contributed by atoms with Crippen LogP contribution in [-0.2, 0) is 14.3 Å². The number of likely N-dealkylation sites (tertiary alicyclic amines) is 1. The molecule has 0 saturated carbocycles. The zero-order chi connectivity index (χ0) is 17.5. The largest absolute Gasteiger partial charge is 0.493 e. The first-order valence-electron chi connectivity index (χ1n) is 8.65. The standard InChI is InChI=1S/C19H27NO4/c1-4-23-19(22)16-7-10-20(11-8-16)18(21)9-12-24-17-6-5-14(2)13-15(17)3/h5-6,13,16H,4,7-12H2,1-3H3. The van der Waals surface area contributed by atoms with Crippen LogP contribution in [0.5, 0.6) is 5.75 Å². The van der Waals surface area contributed by atoms with Gasteiger partial charge in [-0.15, -0.1) is 0 Å². The number of hydrogen-bond acceptors (Lipinski definition) is 4. The predicted molar refractivity (Wildman–Crippen MR) is 92.0 cm³/mol. The average molecular weight is 333 g/mol. The van der Waals surface area contributed by atoms with Gasteiger partial charge >= 0.3 is 5.97 Å². The summed E-state index contributed by atoms with van der Waals surface area (Å²) in [6, 6.07) is 6.02. The third-order valence-electron chi connectivity index (χ3n) is 4.37. The van der Waals surface area contributed by atoms with Crippen molar-refractivity contribution in [1.82, 2.24) is 4.90 Å². The van der Waals surface area contributed by atoms with Crippen LogP contribution in [-0.4, -0.2) is 43.1 Å². The molecule has 0 bridgehead atoms. The molecule has 1 aromatic carbocycles. The molecule has 0 N–H and O–H groups in total. The van der Waals surface area contributed by atoms with E-state index in [1.54, 1.807) is 0 Å². The first-order valence-corrected chi connectivity index (χ1v) is 8.65. The van der Waals surface area contributed by atoms with E-state index in [1.807, 2.05) is 37.8 Å². The van der Waals surface area contributed by atoms with E-state index < -0.39 is 0 Å². The summed E-state index contributed by atoms with van der Waals surface area (Å²) in [7, 11) is 0. The topological polar surface area (TPSA) is 55.8 Å². The highest BCUT2D eigenvalue weighted by Crippen LogP contribution is 2.21. The number of ether oxygens (including phenoxy) is 2. The molecule has 0 atom stereocenters. The minimum atomic E-state index is -0.136. The molecule has 0 unspecified atom stereocenters. The lowest BCUT2D eigenvalue weighted by Crippen LogP contribution is -2.41. The molecule has 1 amide bonds. The van der Waals surface area contributed by atoms with Crippen molar-refractivity contribution in [2.75, 3.05) is 26.3 Å². The summed E-state index contributed by atoms with van der Waals surface area (Å²) in [5.41, 5.74) is 2.28. The van der Waals surface area contributed by atoms with Gasteiger partial charge in [0.05, 0.1) is 25.6 Å². The lowest BCUT2D eigenvalue weighted by atomic mass is 9.97. The third kappa shape index (κ3) is 4.98. The SMILES string of the molecule is CCOC(=O)C1CCN(C(=O)CCOc2ccc(C)cc2C)CC1. The molecule has 0 aliphatic carbocycles. The highest BCUT2D eigenvalue weighted by molar-refractivity contribution is 5.77. The van der Waals surface area contributed by atoms with Crippen molar-refractivity contribution in [2.24, 2.45) is 5.92 Å². The molecule has 1 aliphatic heterocycles. The number of carbonyl (C=O) groups excluding carboxylic acids is 2. The smallest absolute Gasteiger partial charge is 0.309 e. The Morgan fingerprint density at radius 3 is 2.54 bits per heavy atom. The molecule has 0 radical (unpaired) electrons. The van der Waals surface area contributed by atoms with Gasteiger partial charge in [-0.3, -0.25) is 9.59 Å². The van der Waals surface area contributed by atoms with Crippen LogP contribution in [0.15, 0.2) is 18.2 Å². The van der Waals surface area contributed by atoms with Crippen LogP contribution in [0.2, 0.25) is 0 Å². The summed E-state index contributed by atoms with van der Waals surface area (Å²) in [6.07, 6.45) is 1.72. The molecule has 1 heterocycles. The number of rotatable bonds is 6. The van der Waals surface area contributed by atoms with Crippen molar-refractivity contribution in [1.29, 1.82) is 0 Å². The Labute approximate surface area is 143 Å². The summed E-state index contributed by atoms with van der Waals surface area (Å²) in [6.45, 7) is 7.88. The Kier molecular flexibility index (Phi) is 6.64. The fourth-order valence-electron chi connectivity index (χ4n) is 2.99. The van der Waals surface area contributed by atoms with Gasteiger partial charge in [0.2, 0.25) is 5.91 Å². The van der Waals surface area contributed by atoms with Gasteiger partial charge in [-0.1, -0.05) is 17.7 Å². The van der Waals surface area contributed by atoms with Crippen molar-refractivity contribution >= 4 is 11.9 Å². The average Bonchev–Trinajstić information content (AvgIpc) is 2.57. The summed E-state index contributed by atoms with van der Waals surface area (Å²) in [5.74, 6) is 0.708. The third-order valence-corrected chi connectivity index (χ3v) is 4.37. The van der Waals surface area contributed by atoms with Crippen molar-refractivity contribution in [3.63, 3.8) is 0 Å². The number of carbonyl (C=O) groups is 2. The Bertz CT molecular complexity index is 577. The van der Waals surface area contributed by atoms with E-state index in [0.29, 0.717) is 45.6 Å². The molecule has 0 spiro atoms. The highest BCUT2D eigenvalue weighted by Gasteiger charge is 2.27. The Morgan fingerprint density at radius 1 is 1.21 bits per heavy atom. The molecule has 0 aromatic heterocycles. The molecule has 1 aromatic rings. The van der Waals surface area contributed by atoms with E-state index in [4.69, 9.17) is 9.47 Å². The van der Waals surface area contributed by atoms with E-state index in [9.17, 15) is 9.59 Å². The lowest BCUT2D eigenvalue weighted by Gasteiger charge is -2.31. The van der Waals surface area contributed by atoms with Crippen LogP contribution in [0.4, 0.5) is 0 Å². The van der Waals surface area contributed by atoms with Gasteiger partial charge < -0.3 is 14.4 Å². The number of amides is 1. The second-order valence-electron chi connectivity index (χ2n) is 6.27. The van der Waals surface area contributed by atoms with Gasteiger partial charge in [0.15, 0.2) is 0 Å². The van der Waals surface area contributed by atoms with Crippen molar-refractivity contribution in [2.45, 2.75) is 40.0 Å². The fraction of sp³-hybridized carbons (Fsp3) is 0.579. The van der Waals surface area contributed by atoms with Crippen LogP contribution < -0.4 is 4.74 Å². The number of esters is 1. The number of piperidine rings is 1. The Balaban J connectivity index is 1.73. The lowest BCUT2D eigenvalue weighted by molar-refractivity contribution is -0.151. The maximum absolute atomic E-state index is 12.3. The molecule has 5 nitrogen and oxygen atoms in total. The molecule has 132 valence electrons. The van der Waals surface area contributed by atoms with E-state index in [1.165, 1.54) is 5.56 Å². The predicted octanol–water partition coefficient (Wildman–Crippen LogP) is 2.87. The van der Waals surface area contributed by atoms with Crippen molar-refractivity contribution < 1.29 is 19.1 Å². The van der Waals surface area contributed by atoms with Gasteiger partial charge in [0.25, 0.3) is 0 Å². The minimum Gasteiger partial charge on any atom is -0.493 e. The quantitative estimate of drug-likeness (QED) is 0.751. The Hall–Kier alpha value is -2.04. The summed E-state index contributed by atoms with van der Waals surface area (Å²) < 4.78 is 10.8. The van der Waals surface area contributed by atoms with Crippen molar-refractivity contribution in [3.8, 4) is 5.75 Å². The number of aryl methyl sites for hydroxylation is 2. The summed E-state index contributed by atoms with van der Waals surface area (Å²) in [5, 5.41) is 0. The zero-order valence-electron chi connectivity index (χ0n) is 14.8. The van der Waals surface area contributed by atoms with E-state index in [-0.39, 0.29) is 17.8 Å². The molecular weight excluding hydrogens is 306 g/mol. The van der Waals surface area contributed by atoms with Gasteiger partial charge in [0.1, 0.15) is 5.75 Å². The van der Waals surface area contributed by atoms with Crippen LogP contribution >= 0.6 is 0 Å². The summed E-state index contributed by atoms with van der Waals surface area (Å²) >= 11 is 0. The molecule has 1 fully saturated rings. The highest BCUT2D eigenvalue weighted by atomic mass is 16.5. The second kappa shape index (κ2) is 8.71. The summed E-state index contributed by atoms with van der Waals surface area (Å²) in [4.78, 5) is 25.8. The van der Waals surface area contributed by atoms with Crippen molar-refractivity contribution in [3.05, 3.63) is 29.3 Å². The van der Waals surface area contributed by atoms with Crippen LogP contribution in [0.3, 0.4) is 0 Å². The number of nitrogens with zero attached hydrogens (tertiary/aromatic N) is 1. The molecule has 2 rings (SSSR count). The van der Waals surface area contributed by atoms with Gasteiger partial charge in [-0.2, -0.15) is 0 Å². The van der Waals surface area contributed by atoms with Gasteiger partial charge in [-0.25, -0.2) is 0 Å². The number of hydrogen-bond donors (Lipinski definition) is 0. The maximum atomic E-state index is 12.3. The molecule has 24 heavy (non-hydrogen) atoms. The van der Waals surface area contributed by atoms with E-state index >= 15 is 0 Å². The van der Waals surface area contributed by atoms with E-state index in [2.05, 4.69) is 6.07 Å². The van der Waals surface area contributed by atoms with E-state index in [0.717, 1.165) is 11.3 Å². The van der Waals surface area contributed by atoms with Gasteiger partial charge in [0, 0.05) is 13.1 Å².